The minimum atomic E-state index is -0.0533. The summed E-state index contributed by atoms with van der Waals surface area (Å²) >= 11 is 1.45. The Morgan fingerprint density at radius 2 is 1.97 bits per heavy atom. The first kappa shape index (κ1) is 21.1. The maximum absolute atomic E-state index is 12.4. The third-order valence-electron chi connectivity index (χ3n) is 5.30. The summed E-state index contributed by atoms with van der Waals surface area (Å²) in [5.74, 6) is 0.592. The molecule has 1 aromatic heterocycles. The van der Waals surface area contributed by atoms with E-state index in [1.54, 1.807) is 4.90 Å². The molecule has 0 saturated carbocycles. The standard InChI is InChI=1S/C24H25N3O3S/c1-4-27-19-13-18(10-11-20(19)30-14-22(27)29)23-16(3)31-24(26-23)25-21(28)12-9-17-7-5-15(2)6-8-17/h5-8,10-11,13H,4,9,12,14H2,1-3H3,(H,25,26,28). The topological polar surface area (TPSA) is 71.5 Å². The van der Waals surface area contributed by atoms with Crippen molar-refractivity contribution in [2.24, 2.45) is 0 Å². The molecule has 0 atom stereocenters. The SMILES string of the molecule is CCN1C(=O)COc2ccc(-c3nc(NC(=O)CCc4ccc(C)cc4)sc3C)cc21. The van der Waals surface area contributed by atoms with Gasteiger partial charge in [0.1, 0.15) is 5.75 Å². The number of carbonyl (C=O) groups is 2. The van der Waals surface area contributed by atoms with Crippen LogP contribution in [0, 0.1) is 13.8 Å². The van der Waals surface area contributed by atoms with E-state index in [1.807, 2.05) is 39.0 Å². The van der Waals surface area contributed by atoms with Crippen LogP contribution in [0.15, 0.2) is 42.5 Å². The highest BCUT2D eigenvalue weighted by molar-refractivity contribution is 7.16. The fourth-order valence-electron chi connectivity index (χ4n) is 3.61. The number of rotatable bonds is 6. The molecule has 1 N–H and O–H groups in total. The van der Waals surface area contributed by atoms with Crippen LogP contribution in [-0.2, 0) is 16.0 Å². The van der Waals surface area contributed by atoms with Crippen molar-refractivity contribution in [1.82, 2.24) is 4.98 Å². The zero-order valence-electron chi connectivity index (χ0n) is 17.9. The van der Waals surface area contributed by atoms with Gasteiger partial charge in [-0.15, -0.1) is 11.3 Å². The predicted octanol–water partition coefficient (Wildman–Crippen LogP) is 4.74. The first-order valence-electron chi connectivity index (χ1n) is 10.3. The second-order valence-corrected chi connectivity index (χ2v) is 8.77. The molecule has 1 aliphatic heterocycles. The smallest absolute Gasteiger partial charge is 0.265 e. The number of nitrogens with zero attached hydrogens (tertiary/aromatic N) is 2. The molecule has 0 aliphatic carbocycles. The van der Waals surface area contributed by atoms with E-state index in [2.05, 4.69) is 34.6 Å². The van der Waals surface area contributed by atoms with Crippen molar-refractivity contribution in [3.8, 4) is 17.0 Å². The number of benzene rings is 2. The molecular weight excluding hydrogens is 410 g/mol. The third-order valence-corrected chi connectivity index (χ3v) is 6.18. The van der Waals surface area contributed by atoms with E-state index in [4.69, 9.17) is 4.74 Å². The van der Waals surface area contributed by atoms with Gasteiger partial charge in [0.05, 0.1) is 11.4 Å². The third kappa shape index (κ3) is 4.61. The lowest BCUT2D eigenvalue weighted by molar-refractivity contribution is -0.121. The number of amides is 2. The Bertz CT molecular complexity index is 1120. The van der Waals surface area contributed by atoms with Gasteiger partial charge in [0.25, 0.3) is 5.91 Å². The quantitative estimate of drug-likeness (QED) is 0.607. The lowest BCUT2D eigenvalue weighted by Crippen LogP contribution is -2.38. The summed E-state index contributed by atoms with van der Waals surface area (Å²) in [6.07, 6.45) is 1.09. The fraction of sp³-hybridized carbons (Fsp3) is 0.292. The van der Waals surface area contributed by atoms with E-state index in [9.17, 15) is 9.59 Å². The van der Waals surface area contributed by atoms with Crippen molar-refractivity contribution in [3.05, 3.63) is 58.5 Å². The Balaban J connectivity index is 1.47. The molecule has 31 heavy (non-hydrogen) atoms. The molecule has 7 heteroatoms. The number of carbonyl (C=O) groups excluding carboxylic acids is 2. The number of likely N-dealkylation sites (N-methyl/N-ethyl adjacent to an activating group) is 1. The van der Waals surface area contributed by atoms with Crippen LogP contribution in [-0.4, -0.2) is 29.9 Å². The van der Waals surface area contributed by atoms with Crippen LogP contribution in [0.2, 0.25) is 0 Å². The number of aryl methyl sites for hydroxylation is 3. The van der Waals surface area contributed by atoms with Gasteiger partial charge in [-0.1, -0.05) is 29.8 Å². The van der Waals surface area contributed by atoms with Crippen LogP contribution in [0.1, 0.15) is 29.3 Å². The Morgan fingerprint density at radius 1 is 1.19 bits per heavy atom. The summed E-state index contributed by atoms with van der Waals surface area (Å²) in [6.45, 7) is 6.61. The molecular formula is C24H25N3O3S. The summed E-state index contributed by atoms with van der Waals surface area (Å²) in [7, 11) is 0. The number of anilines is 2. The molecule has 2 amide bonds. The highest BCUT2D eigenvalue weighted by Gasteiger charge is 2.25. The number of nitrogens with one attached hydrogen (secondary N) is 1. The fourth-order valence-corrected chi connectivity index (χ4v) is 4.46. The van der Waals surface area contributed by atoms with Gasteiger partial charge in [-0.2, -0.15) is 0 Å². The van der Waals surface area contributed by atoms with Crippen LogP contribution in [0.3, 0.4) is 0 Å². The number of thiazole rings is 1. The normalized spacial score (nSPS) is 13.0. The number of ether oxygens (including phenoxy) is 1. The van der Waals surface area contributed by atoms with E-state index in [0.29, 0.717) is 30.3 Å². The van der Waals surface area contributed by atoms with E-state index < -0.39 is 0 Å². The Morgan fingerprint density at radius 3 is 2.71 bits per heavy atom. The van der Waals surface area contributed by atoms with E-state index in [-0.39, 0.29) is 18.4 Å². The molecule has 2 aromatic carbocycles. The van der Waals surface area contributed by atoms with E-state index in [0.717, 1.165) is 27.4 Å². The molecule has 0 radical (unpaired) electrons. The monoisotopic (exact) mass is 435 g/mol. The summed E-state index contributed by atoms with van der Waals surface area (Å²) in [6, 6.07) is 14.0. The van der Waals surface area contributed by atoms with E-state index >= 15 is 0 Å². The van der Waals surface area contributed by atoms with Crippen molar-refractivity contribution in [3.63, 3.8) is 0 Å². The van der Waals surface area contributed by atoms with Crippen LogP contribution in [0.4, 0.5) is 10.8 Å². The van der Waals surface area contributed by atoms with Crippen molar-refractivity contribution in [1.29, 1.82) is 0 Å². The summed E-state index contributed by atoms with van der Waals surface area (Å²) in [5.41, 5.74) is 4.80. The van der Waals surface area contributed by atoms with Crippen molar-refractivity contribution in [2.45, 2.75) is 33.6 Å². The Labute approximate surface area is 185 Å². The van der Waals surface area contributed by atoms with Crippen molar-refractivity contribution in [2.75, 3.05) is 23.4 Å². The summed E-state index contributed by atoms with van der Waals surface area (Å²) in [5, 5.41) is 3.51. The average molecular weight is 436 g/mol. The molecule has 3 aromatic rings. The first-order valence-corrected chi connectivity index (χ1v) is 11.2. The molecule has 6 nitrogen and oxygen atoms in total. The van der Waals surface area contributed by atoms with Gasteiger partial charge < -0.3 is 15.0 Å². The number of hydrogen-bond donors (Lipinski definition) is 1. The highest BCUT2D eigenvalue weighted by Crippen LogP contribution is 2.38. The molecule has 0 spiro atoms. The van der Waals surface area contributed by atoms with Crippen LogP contribution in [0.5, 0.6) is 5.75 Å². The zero-order chi connectivity index (χ0) is 22.0. The molecule has 2 heterocycles. The first-order chi connectivity index (χ1) is 14.9. The van der Waals surface area contributed by atoms with Gasteiger partial charge >= 0.3 is 0 Å². The molecule has 4 rings (SSSR count). The number of hydrogen-bond acceptors (Lipinski definition) is 5. The second-order valence-electron chi connectivity index (χ2n) is 7.57. The molecule has 0 unspecified atom stereocenters. The van der Waals surface area contributed by atoms with Gasteiger partial charge in [0.15, 0.2) is 11.7 Å². The maximum Gasteiger partial charge on any atom is 0.265 e. The lowest BCUT2D eigenvalue weighted by Gasteiger charge is -2.28. The van der Waals surface area contributed by atoms with E-state index in [1.165, 1.54) is 16.9 Å². The Hall–Kier alpha value is -3.19. The second kappa shape index (κ2) is 8.89. The predicted molar refractivity (Wildman–Crippen MR) is 124 cm³/mol. The van der Waals surface area contributed by atoms with Crippen LogP contribution < -0.4 is 15.0 Å². The molecule has 0 bridgehead atoms. The van der Waals surface area contributed by atoms with Gasteiger partial charge in [-0.25, -0.2) is 4.98 Å². The minimum Gasteiger partial charge on any atom is -0.482 e. The summed E-state index contributed by atoms with van der Waals surface area (Å²) < 4.78 is 5.55. The maximum atomic E-state index is 12.4. The Kier molecular flexibility index (Phi) is 6.04. The largest absolute Gasteiger partial charge is 0.482 e. The van der Waals surface area contributed by atoms with Gasteiger partial charge in [-0.3, -0.25) is 9.59 Å². The van der Waals surface area contributed by atoms with Gasteiger partial charge in [-0.05, 0) is 51.0 Å². The van der Waals surface area contributed by atoms with Crippen molar-refractivity contribution < 1.29 is 14.3 Å². The molecule has 1 aliphatic rings. The summed E-state index contributed by atoms with van der Waals surface area (Å²) in [4.78, 5) is 31.9. The average Bonchev–Trinajstić information content (AvgIpc) is 3.12. The van der Waals surface area contributed by atoms with Crippen LogP contribution >= 0.6 is 11.3 Å². The zero-order valence-corrected chi connectivity index (χ0v) is 18.7. The molecule has 160 valence electrons. The van der Waals surface area contributed by atoms with Gasteiger partial charge in [0.2, 0.25) is 5.91 Å². The van der Waals surface area contributed by atoms with Gasteiger partial charge in [0, 0.05) is 23.4 Å². The highest BCUT2D eigenvalue weighted by atomic mass is 32.1. The number of aromatic nitrogens is 1. The minimum absolute atomic E-state index is 0.0521. The van der Waals surface area contributed by atoms with Crippen LogP contribution in [0.25, 0.3) is 11.3 Å². The van der Waals surface area contributed by atoms with Crippen molar-refractivity contribution >= 4 is 34.0 Å². The lowest BCUT2D eigenvalue weighted by atomic mass is 10.1. The molecule has 0 fully saturated rings. The molecule has 0 saturated heterocycles. The number of fused-ring (bicyclic) bond motifs is 1.